The first kappa shape index (κ1) is 12.7. The van der Waals surface area contributed by atoms with E-state index in [1.54, 1.807) is 6.20 Å². The second kappa shape index (κ2) is 4.88. The zero-order valence-corrected chi connectivity index (χ0v) is 10.9. The minimum absolute atomic E-state index is 0.0785. The maximum absolute atomic E-state index is 10.8. The summed E-state index contributed by atoms with van der Waals surface area (Å²) in [5, 5.41) is 29.4. The minimum Gasteiger partial charge on any atom is -0.394 e. The molecule has 0 amide bonds. The molecule has 1 fully saturated rings. The molecule has 0 aliphatic carbocycles. The van der Waals surface area contributed by atoms with Gasteiger partial charge >= 0.3 is 5.82 Å². The van der Waals surface area contributed by atoms with Gasteiger partial charge in [-0.15, -0.1) is 0 Å². The van der Waals surface area contributed by atoms with E-state index >= 15 is 0 Å². The lowest BCUT2D eigenvalue weighted by Crippen LogP contribution is -2.24. The molecule has 3 atom stereocenters. The molecule has 2 N–H and O–H groups in total. The molecule has 1 aromatic rings. The quantitative estimate of drug-likeness (QED) is 0.472. The van der Waals surface area contributed by atoms with Crippen LogP contribution < -0.4 is 0 Å². The Kier molecular flexibility index (Phi) is 3.66. The molecule has 17 heavy (non-hydrogen) atoms. The molecule has 1 aromatic heterocycles. The van der Waals surface area contributed by atoms with E-state index in [1.165, 1.54) is 10.6 Å². The highest BCUT2D eigenvalue weighted by Crippen LogP contribution is 2.33. The maximum Gasteiger partial charge on any atom is 0.326 e. The fourth-order valence-electron chi connectivity index (χ4n) is 1.86. The van der Waals surface area contributed by atoms with Gasteiger partial charge in [-0.2, -0.15) is 0 Å². The molecule has 8 heteroatoms. The van der Waals surface area contributed by atoms with Gasteiger partial charge in [-0.3, -0.25) is 0 Å². The Balaban J connectivity index is 2.26. The van der Waals surface area contributed by atoms with Crippen molar-refractivity contribution in [3.05, 3.63) is 25.9 Å². The third-order valence-corrected chi connectivity index (χ3v) is 3.27. The summed E-state index contributed by atoms with van der Waals surface area (Å²) in [5.74, 6) is -0.0785. The zero-order valence-electron chi connectivity index (χ0n) is 8.69. The number of nitrogens with zero attached hydrogens (tertiary/aromatic N) is 2. The Labute approximate surface area is 110 Å². The lowest BCUT2D eigenvalue weighted by Gasteiger charge is -2.10. The highest BCUT2D eigenvalue weighted by molar-refractivity contribution is 14.1. The molecule has 0 saturated carbocycles. The summed E-state index contributed by atoms with van der Waals surface area (Å²) in [7, 11) is 0. The summed E-state index contributed by atoms with van der Waals surface area (Å²) in [5.41, 5.74) is 0. The van der Waals surface area contributed by atoms with Crippen LogP contribution in [-0.4, -0.2) is 38.5 Å². The molecule has 1 aliphatic rings. The fraction of sp³-hybridized carbons (Fsp3) is 0.556. The molecule has 0 radical (unpaired) electrons. The van der Waals surface area contributed by atoms with Crippen molar-refractivity contribution in [1.82, 2.24) is 4.57 Å². The number of aliphatic hydroxyl groups is 2. The Hall–Kier alpha value is -0.710. The number of ether oxygens (including phenoxy) is 1. The lowest BCUT2D eigenvalue weighted by atomic mass is 10.2. The van der Waals surface area contributed by atoms with E-state index in [0.717, 1.165) is 3.57 Å². The number of halogens is 1. The number of nitro groups is 1. The van der Waals surface area contributed by atoms with Gasteiger partial charge in [0.15, 0.2) is 0 Å². The van der Waals surface area contributed by atoms with Crippen molar-refractivity contribution in [2.45, 2.75) is 24.9 Å². The summed E-state index contributed by atoms with van der Waals surface area (Å²) in [6.45, 7) is -0.302. The average Bonchev–Trinajstić information content (AvgIpc) is 2.81. The lowest BCUT2D eigenvalue weighted by molar-refractivity contribution is -0.393. The van der Waals surface area contributed by atoms with Crippen molar-refractivity contribution in [2.24, 2.45) is 0 Å². The van der Waals surface area contributed by atoms with Crippen LogP contribution in [-0.2, 0) is 4.74 Å². The molecule has 94 valence electrons. The SMILES string of the molecule is O=[N+]([O-])c1cc(I)cn1[C@H]1C[C@@H](O)[C@@H](CO)O1. The van der Waals surface area contributed by atoms with Crippen LogP contribution in [0.5, 0.6) is 0 Å². The van der Waals surface area contributed by atoms with E-state index in [1.807, 2.05) is 22.6 Å². The molecule has 0 bridgehead atoms. The van der Waals surface area contributed by atoms with Crippen molar-refractivity contribution >= 4 is 28.4 Å². The molecule has 1 saturated heterocycles. The Bertz CT molecular complexity index is 435. The molecule has 2 rings (SSSR count). The second-order valence-corrected chi connectivity index (χ2v) is 5.04. The first-order chi connectivity index (χ1) is 8.02. The first-order valence-electron chi connectivity index (χ1n) is 4.99. The van der Waals surface area contributed by atoms with Crippen LogP contribution in [0.1, 0.15) is 12.6 Å². The number of hydrogen-bond acceptors (Lipinski definition) is 5. The summed E-state index contributed by atoms with van der Waals surface area (Å²) >= 11 is 1.97. The maximum atomic E-state index is 10.8. The molecule has 0 aromatic carbocycles. The molecule has 7 nitrogen and oxygen atoms in total. The fourth-order valence-corrected chi connectivity index (χ4v) is 2.44. The minimum atomic E-state index is -0.801. The van der Waals surface area contributed by atoms with Crippen LogP contribution in [0.4, 0.5) is 5.82 Å². The van der Waals surface area contributed by atoms with Gasteiger partial charge in [-0.05, 0) is 27.5 Å². The predicted molar refractivity (Wildman–Crippen MR) is 65.4 cm³/mol. The van der Waals surface area contributed by atoms with Crippen molar-refractivity contribution in [3.63, 3.8) is 0 Å². The summed E-state index contributed by atoms with van der Waals surface area (Å²) in [4.78, 5) is 10.3. The van der Waals surface area contributed by atoms with Gasteiger partial charge < -0.3 is 25.1 Å². The molecule has 2 heterocycles. The van der Waals surface area contributed by atoms with Crippen molar-refractivity contribution in [3.8, 4) is 0 Å². The van der Waals surface area contributed by atoms with E-state index < -0.39 is 23.4 Å². The number of rotatable bonds is 3. The van der Waals surface area contributed by atoms with Crippen LogP contribution >= 0.6 is 22.6 Å². The summed E-state index contributed by atoms with van der Waals surface area (Å²) in [6, 6.07) is 1.43. The number of aliphatic hydroxyl groups excluding tert-OH is 2. The predicted octanol–water partition coefficient (Wildman–Crippen LogP) is 0.642. The highest BCUT2D eigenvalue weighted by atomic mass is 127. The summed E-state index contributed by atoms with van der Waals surface area (Å²) < 4.78 is 7.47. The van der Waals surface area contributed by atoms with Gasteiger partial charge in [-0.1, -0.05) is 0 Å². The van der Waals surface area contributed by atoms with Gasteiger partial charge in [0.2, 0.25) is 6.23 Å². The number of aromatic nitrogens is 1. The van der Waals surface area contributed by atoms with Gasteiger partial charge in [0.05, 0.1) is 16.3 Å². The van der Waals surface area contributed by atoms with E-state index in [2.05, 4.69) is 0 Å². The Morgan fingerprint density at radius 1 is 1.71 bits per heavy atom. The van der Waals surface area contributed by atoms with Crippen LogP contribution in [0, 0.1) is 13.7 Å². The van der Waals surface area contributed by atoms with E-state index in [0.29, 0.717) is 0 Å². The molecule has 0 spiro atoms. The topological polar surface area (TPSA) is 97.8 Å². The zero-order chi connectivity index (χ0) is 12.6. The van der Waals surface area contributed by atoms with E-state index in [4.69, 9.17) is 9.84 Å². The van der Waals surface area contributed by atoms with Crippen LogP contribution in [0.15, 0.2) is 12.3 Å². The van der Waals surface area contributed by atoms with Crippen molar-refractivity contribution in [1.29, 1.82) is 0 Å². The van der Waals surface area contributed by atoms with Crippen LogP contribution in [0.2, 0.25) is 0 Å². The van der Waals surface area contributed by atoms with Crippen LogP contribution in [0.25, 0.3) is 0 Å². The third-order valence-electron chi connectivity index (χ3n) is 2.68. The normalized spacial score (nSPS) is 28.5. The van der Waals surface area contributed by atoms with Gasteiger partial charge in [0, 0.05) is 12.5 Å². The average molecular weight is 354 g/mol. The largest absolute Gasteiger partial charge is 0.394 e. The van der Waals surface area contributed by atoms with E-state index in [9.17, 15) is 15.2 Å². The number of hydrogen-bond donors (Lipinski definition) is 2. The molecule has 1 aliphatic heterocycles. The molecule has 0 unspecified atom stereocenters. The molecular formula is C9H11IN2O5. The van der Waals surface area contributed by atoms with Gasteiger partial charge in [0.1, 0.15) is 12.3 Å². The van der Waals surface area contributed by atoms with Gasteiger partial charge in [-0.25, -0.2) is 4.57 Å². The third kappa shape index (κ3) is 2.44. The first-order valence-corrected chi connectivity index (χ1v) is 6.07. The smallest absolute Gasteiger partial charge is 0.326 e. The monoisotopic (exact) mass is 354 g/mol. The summed E-state index contributed by atoms with van der Waals surface area (Å²) in [6.07, 6.45) is -0.262. The standard InChI is InChI=1S/C9H11IN2O5/c10-5-1-8(12(15)16)11(3-5)9-2-6(14)7(4-13)17-9/h1,3,6-7,9,13-14H,2,4H2/t6-,7-,9-/m1/s1. The van der Waals surface area contributed by atoms with Gasteiger partial charge in [0.25, 0.3) is 0 Å². The van der Waals surface area contributed by atoms with Crippen molar-refractivity contribution in [2.75, 3.05) is 6.61 Å². The Morgan fingerprint density at radius 2 is 2.41 bits per heavy atom. The highest BCUT2D eigenvalue weighted by Gasteiger charge is 2.38. The van der Waals surface area contributed by atoms with E-state index in [-0.39, 0.29) is 18.8 Å². The Morgan fingerprint density at radius 3 is 2.94 bits per heavy atom. The second-order valence-electron chi connectivity index (χ2n) is 3.80. The molecular weight excluding hydrogens is 343 g/mol. The van der Waals surface area contributed by atoms with Crippen LogP contribution in [0.3, 0.4) is 0 Å². The van der Waals surface area contributed by atoms with Crippen molar-refractivity contribution < 1.29 is 19.9 Å².